The lowest BCUT2D eigenvalue weighted by Crippen LogP contribution is -2.44. The molecule has 2 rings (SSSR count). The summed E-state index contributed by atoms with van der Waals surface area (Å²) in [6.45, 7) is -0.253. The Morgan fingerprint density at radius 3 is 2.28 bits per heavy atom. The summed E-state index contributed by atoms with van der Waals surface area (Å²) in [6, 6.07) is 14.3. The first-order chi connectivity index (χ1) is 12.1. The number of carbonyl (C=O) groups excluding carboxylic acids is 2. The molecule has 8 heteroatoms. The minimum absolute atomic E-state index is 0.191. The number of rotatable bonds is 7. The van der Waals surface area contributed by atoms with Crippen molar-refractivity contribution in [3.63, 3.8) is 0 Å². The number of carbonyl (C=O) groups is 2. The first-order valence-corrected chi connectivity index (χ1v) is 9.23. The Balaban J connectivity index is 1.63. The zero-order chi connectivity index (χ0) is 18.1. The van der Waals surface area contributed by atoms with Gasteiger partial charge in [-0.3, -0.25) is 20.4 Å². The Hall–Kier alpha value is -1.89. The molecule has 0 unspecified atom stereocenters. The molecule has 0 aromatic heterocycles. The summed E-state index contributed by atoms with van der Waals surface area (Å²) in [7, 11) is 0. The van der Waals surface area contributed by atoms with Gasteiger partial charge in [0.2, 0.25) is 5.91 Å². The molecule has 0 saturated carbocycles. The summed E-state index contributed by atoms with van der Waals surface area (Å²) in [4.78, 5) is 23.4. The third kappa shape index (κ3) is 6.86. The van der Waals surface area contributed by atoms with Crippen LogP contribution in [0.2, 0.25) is 10.0 Å². The van der Waals surface area contributed by atoms with Crippen molar-refractivity contribution in [3.8, 4) is 5.75 Å². The largest absolute Gasteiger partial charge is 0.482 e. The second-order valence-electron chi connectivity index (χ2n) is 4.90. The molecule has 0 spiro atoms. The number of para-hydroxylation sites is 1. The Kier molecular flexibility index (Phi) is 7.91. The molecule has 0 bridgehead atoms. The molecule has 0 aliphatic rings. The van der Waals surface area contributed by atoms with E-state index in [1.807, 2.05) is 18.2 Å². The topological polar surface area (TPSA) is 67.4 Å². The molecule has 25 heavy (non-hydrogen) atoms. The Morgan fingerprint density at radius 2 is 1.56 bits per heavy atom. The van der Waals surface area contributed by atoms with Gasteiger partial charge >= 0.3 is 0 Å². The quantitative estimate of drug-likeness (QED) is 0.700. The summed E-state index contributed by atoms with van der Waals surface area (Å²) >= 11 is 13.4. The van der Waals surface area contributed by atoms with Gasteiger partial charge in [-0.15, -0.1) is 11.8 Å². The SMILES string of the molecule is O=C(COc1ccccc1Cl)NNC(=O)CSCc1ccccc1Cl. The molecule has 0 heterocycles. The van der Waals surface area contributed by atoms with Gasteiger partial charge in [0.15, 0.2) is 6.61 Å². The summed E-state index contributed by atoms with van der Waals surface area (Å²) in [5.74, 6) is 0.404. The first-order valence-electron chi connectivity index (χ1n) is 7.32. The van der Waals surface area contributed by atoms with Crippen LogP contribution in [0.15, 0.2) is 48.5 Å². The van der Waals surface area contributed by atoms with Gasteiger partial charge in [0, 0.05) is 10.8 Å². The highest BCUT2D eigenvalue weighted by atomic mass is 35.5. The fourth-order valence-corrected chi connectivity index (χ4v) is 3.09. The molecule has 2 aromatic carbocycles. The number of halogens is 2. The van der Waals surface area contributed by atoms with Crippen molar-refractivity contribution in [1.29, 1.82) is 0 Å². The van der Waals surface area contributed by atoms with Crippen LogP contribution in [0.4, 0.5) is 0 Å². The van der Waals surface area contributed by atoms with E-state index in [1.165, 1.54) is 11.8 Å². The van der Waals surface area contributed by atoms with E-state index in [0.717, 1.165) is 5.56 Å². The smallest absolute Gasteiger partial charge is 0.276 e. The van der Waals surface area contributed by atoms with Gasteiger partial charge in [-0.25, -0.2) is 0 Å². The lowest BCUT2D eigenvalue weighted by Gasteiger charge is -2.09. The molecule has 0 saturated heterocycles. The second kappa shape index (κ2) is 10.2. The maximum Gasteiger partial charge on any atom is 0.276 e. The van der Waals surface area contributed by atoms with Crippen LogP contribution in [0.1, 0.15) is 5.56 Å². The van der Waals surface area contributed by atoms with Crippen molar-refractivity contribution < 1.29 is 14.3 Å². The predicted octanol–water partition coefficient (Wildman–Crippen LogP) is 3.45. The molecule has 132 valence electrons. The predicted molar refractivity (Wildman–Crippen MR) is 101 cm³/mol. The maximum absolute atomic E-state index is 11.7. The van der Waals surface area contributed by atoms with E-state index in [0.29, 0.717) is 21.5 Å². The highest BCUT2D eigenvalue weighted by Gasteiger charge is 2.08. The van der Waals surface area contributed by atoms with Crippen LogP contribution in [-0.4, -0.2) is 24.2 Å². The van der Waals surface area contributed by atoms with Crippen LogP contribution >= 0.6 is 35.0 Å². The molecule has 0 radical (unpaired) electrons. The Bertz CT molecular complexity index is 743. The van der Waals surface area contributed by atoms with Crippen molar-refractivity contribution in [2.45, 2.75) is 5.75 Å². The zero-order valence-corrected chi connectivity index (χ0v) is 15.5. The average molecular weight is 399 g/mol. The first kappa shape index (κ1) is 19.4. The van der Waals surface area contributed by atoms with E-state index in [-0.39, 0.29) is 18.3 Å². The highest BCUT2D eigenvalue weighted by Crippen LogP contribution is 2.23. The van der Waals surface area contributed by atoms with E-state index in [9.17, 15) is 9.59 Å². The zero-order valence-electron chi connectivity index (χ0n) is 13.1. The van der Waals surface area contributed by atoms with Crippen LogP contribution in [0, 0.1) is 0 Å². The number of ether oxygens (including phenoxy) is 1. The summed E-state index contributed by atoms with van der Waals surface area (Å²) in [5.41, 5.74) is 5.57. The van der Waals surface area contributed by atoms with Gasteiger partial charge in [0.05, 0.1) is 10.8 Å². The van der Waals surface area contributed by atoms with Crippen molar-refractivity contribution in [3.05, 3.63) is 64.1 Å². The number of hydrazine groups is 1. The average Bonchev–Trinajstić information content (AvgIpc) is 2.61. The molecule has 0 atom stereocenters. The lowest BCUT2D eigenvalue weighted by atomic mass is 10.2. The molecular weight excluding hydrogens is 383 g/mol. The normalized spacial score (nSPS) is 10.2. The molecule has 2 amide bonds. The van der Waals surface area contributed by atoms with Gasteiger partial charge in [-0.05, 0) is 23.8 Å². The fourth-order valence-electron chi connectivity index (χ4n) is 1.79. The third-order valence-electron chi connectivity index (χ3n) is 2.99. The number of hydrogen-bond donors (Lipinski definition) is 2. The maximum atomic E-state index is 11.7. The summed E-state index contributed by atoms with van der Waals surface area (Å²) < 4.78 is 5.27. The number of benzene rings is 2. The number of nitrogens with one attached hydrogen (secondary N) is 2. The summed E-state index contributed by atoms with van der Waals surface area (Å²) in [5, 5.41) is 1.08. The third-order valence-corrected chi connectivity index (χ3v) is 4.65. The molecule has 0 aliphatic heterocycles. The van der Waals surface area contributed by atoms with Crippen LogP contribution in [0.25, 0.3) is 0 Å². The van der Waals surface area contributed by atoms with Gasteiger partial charge < -0.3 is 4.74 Å². The van der Waals surface area contributed by atoms with E-state index in [1.54, 1.807) is 30.3 Å². The van der Waals surface area contributed by atoms with Gasteiger partial charge in [-0.2, -0.15) is 0 Å². The van der Waals surface area contributed by atoms with E-state index in [4.69, 9.17) is 27.9 Å². The van der Waals surface area contributed by atoms with Gasteiger partial charge in [-0.1, -0.05) is 53.5 Å². The van der Waals surface area contributed by atoms with E-state index in [2.05, 4.69) is 10.9 Å². The van der Waals surface area contributed by atoms with Gasteiger partial charge in [0.25, 0.3) is 5.91 Å². The Morgan fingerprint density at radius 1 is 0.920 bits per heavy atom. The number of thioether (sulfide) groups is 1. The minimum Gasteiger partial charge on any atom is -0.482 e. The molecule has 2 N–H and O–H groups in total. The van der Waals surface area contributed by atoms with Crippen molar-refractivity contribution in [2.75, 3.05) is 12.4 Å². The molecule has 5 nitrogen and oxygen atoms in total. The summed E-state index contributed by atoms with van der Waals surface area (Å²) in [6.07, 6.45) is 0. The van der Waals surface area contributed by atoms with Crippen molar-refractivity contribution >= 4 is 46.8 Å². The van der Waals surface area contributed by atoms with Crippen molar-refractivity contribution in [2.24, 2.45) is 0 Å². The van der Waals surface area contributed by atoms with Crippen molar-refractivity contribution in [1.82, 2.24) is 10.9 Å². The number of hydrogen-bond acceptors (Lipinski definition) is 4. The Labute approximate surface area is 160 Å². The molecule has 0 fully saturated rings. The monoisotopic (exact) mass is 398 g/mol. The van der Waals surface area contributed by atoms with Gasteiger partial charge in [0.1, 0.15) is 5.75 Å². The fraction of sp³-hybridized carbons (Fsp3) is 0.176. The molecule has 2 aromatic rings. The minimum atomic E-state index is -0.482. The number of amides is 2. The highest BCUT2D eigenvalue weighted by molar-refractivity contribution is 7.99. The molecule has 0 aliphatic carbocycles. The van der Waals surface area contributed by atoms with E-state index < -0.39 is 5.91 Å². The van der Waals surface area contributed by atoms with Crippen LogP contribution in [-0.2, 0) is 15.3 Å². The molecular formula is C17H16Cl2N2O3S. The van der Waals surface area contributed by atoms with E-state index >= 15 is 0 Å². The van der Waals surface area contributed by atoms with Crippen LogP contribution < -0.4 is 15.6 Å². The van der Waals surface area contributed by atoms with Crippen LogP contribution in [0.5, 0.6) is 5.75 Å². The second-order valence-corrected chi connectivity index (χ2v) is 6.70. The lowest BCUT2D eigenvalue weighted by molar-refractivity contribution is -0.128. The standard InChI is InChI=1S/C17H16Cl2N2O3S/c18-13-6-2-1-5-12(13)10-25-11-17(23)21-20-16(22)9-24-15-8-4-3-7-14(15)19/h1-8H,9-11H2,(H,20,22)(H,21,23). The van der Waals surface area contributed by atoms with Crippen LogP contribution in [0.3, 0.4) is 0 Å².